The van der Waals surface area contributed by atoms with Gasteiger partial charge in [-0.2, -0.15) is 0 Å². The Morgan fingerprint density at radius 2 is 0.986 bits per heavy atom. The predicted molar refractivity (Wildman–Crippen MR) is 277 cm³/mol. The number of allylic oxidation sites excluding steroid dienone is 6. The average Bonchev–Trinajstić information content (AvgIpc) is 3.40. The van der Waals surface area contributed by atoms with E-state index in [1.807, 2.05) is 68.5 Å². The lowest BCUT2D eigenvalue weighted by Gasteiger charge is -2.09. The minimum Gasteiger partial charge on any atom is -0.497 e. The fourth-order valence-corrected chi connectivity index (χ4v) is 5.54. The number of aliphatic hydroxyl groups excluding tert-OH is 1. The van der Waals surface area contributed by atoms with Gasteiger partial charge in [-0.05, 0) is 116 Å². The van der Waals surface area contributed by atoms with E-state index in [4.69, 9.17) is 28.4 Å². The molecule has 0 saturated heterocycles. The highest BCUT2D eigenvalue weighted by Crippen LogP contribution is 2.26. The summed E-state index contributed by atoms with van der Waals surface area (Å²) in [6.07, 6.45) is 20.1. The summed E-state index contributed by atoms with van der Waals surface area (Å²) in [7, 11) is 4.70. The predicted octanol–water partition coefficient (Wildman–Crippen LogP) is 10.8. The van der Waals surface area contributed by atoms with Gasteiger partial charge in [0.15, 0.2) is 0 Å². The fraction of sp³-hybridized carbons (Fsp3) is 0.276. The van der Waals surface area contributed by atoms with Crippen molar-refractivity contribution in [2.45, 2.75) is 85.5 Å². The molecule has 0 aromatic heterocycles. The van der Waals surface area contributed by atoms with E-state index in [2.05, 4.69) is 13.8 Å². The zero-order valence-electron chi connectivity index (χ0n) is 42.0. The molecule has 3 unspecified atom stereocenters. The lowest BCUT2D eigenvalue weighted by Crippen LogP contribution is -2.20. The van der Waals surface area contributed by atoms with Crippen molar-refractivity contribution in [2.24, 2.45) is 0 Å². The molecule has 0 spiro atoms. The van der Waals surface area contributed by atoms with Crippen LogP contribution in [-0.4, -0.2) is 73.9 Å². The smallest absolute Gasteiger partial charge is 0.384 e. The maximum absolute atomic E-state index is 11.8. The standard InChI is InChI=1S/C22H22O3.2C18H22O5/c1-3-17(2)19-13-15-20(16-14-19)25-22(24)21(23)12-8-7-11-18-9-5-4-6-10-18;1-5-13(2)23-18(20)16(19)9-7-6-8-14-10-11-15(21-3)12-17(14)22-4;1-4-13(2)23-18(21)17(20)8-6-5-7-14-11-16(22-3)10-9-15(14)12-19/h4-17H,3H2,1-2H3;6-13H,5H2,1-4H3;5-11,13,19H,4,12H2,1-3H3/b11-7+,12-8+;8-6+,9-7+;7-5+,8-6+. The Labute approximate surface area is 417 Å². The first-order chi connectivity index (χ1) is 34.1. The molecule has 3 atom stereocenters. The minimum atomic E-state index is -0.888. The molecule has 4 rings (SSSR count). The molecule has 1 N–H and O–H groups in total. The fourth-order valence-electron chi connectivity index (χ4n) is 5.54. The second-order valence-electron chi connectivity index (χ2n) is 15.5. The molecule has 0 amide bonds. The third-order valence-electron chi connectivity index (χ3n) is 10.3. The van der Waals surface area contributed by atoms with Crippen LogP contribution in [0.15, 0.2) is 146 Å². The first-order valence-electron chi connectivity index (χ1n) is 23.1. The maximum Gasteiger partial charge on any atom is 0.384 e. The number of carbonyl (C=O) groups excluding carboxylic acids is 6. The number of hydrogen-bond donors (Lipinski definition) is 1. The summed E-state index contributed by atoms with van der Waals surface area (Å²) >= 11 is 0. The summed E-state index contributed by atoms with van der Waals surface area (Å²) in [6.45, 7) is 11.4. The van der Waals surface area contributed by atoms with Crippen molar-refractivity contribution < 1.29 is 62.3 Å². The number of aliphatic hydroxyl groups is 1. The summed E-state index contributed by atoms with van der Waals surface area (Å²) in [5.74, 6) is -1.84. The minimum absolute atomic E-state index is 0.104. The molecule has 0 aliphatic heterocycles. The van der Waals surface area contributed by atoms with Crippen LogP contribution in [0.4, 0.5) is 0 Å². The van der Waals surface area contributed by atoms with Crippen LogP contribution in [-0.2, 0) is 44.8 Å². The molecule has 13 heteroatoms. The van der Waals surface area contributed by atoms with E-state index in [-0.39, 0.29) is 18.8 Å². The SMILES string of the molecule is CCC(C)OC(=O)C(=O)/C=C/C=C/c1cc(OC)ccc1CO.CCC(C)OC(=O)C(=O)/C=C/C=C/c1ccc(OC)cc1OC.CCC(C)c1ccc(OC(=O)C(=O)/C=C/C=C/c2ccccc2)cc1. The number of ketones is 3. The summed E-state index contributed by atoms with van der Waals surface area (Å²) in [5, 5.41) is 9.30. The summed E-state index contributed by atoms with van der Waals surface area (Å²) < 4.78 is 30.5. The van der Waals surface area contributed by atoms with Crippen LogP contribution < -0.4 is 18.9 Å². The van der Waals surface area contributed by atoms with Crippen LogP contribution in [0.3, 0.4) is 0 Å². The van der Waals surface area contributed by atoms with Gasteiger partial charge in [-0.3, -0.25) is 14.4 Å². The van der Waals surface area contributed by atoms with E-state index in [0.29, 0.717) is 41.8 Å². The van der Waals surface area contributed by atoms with Crippen LogP contribution in [0.5, 0.6) is 23.0 Å². The van der Waals surface area contributed by atoms with Gasteiger partial charge in [0.25, 0.3) is 17.3 Å². The topological polar surface area (TPSA) is 178 Å². The second-order valence-corrected chi connectivity index (χ2v) is 15.5. The molecule has 0 radical (unpaired) electrons. The molecule has 0 heterocycles. The monoisotopic (exact) mass is 970 g/mol. The van der Waals surface area contributed by atoms with E-state index in [9.17, 15) is 33.9 Å². The van der Waals surface area contributed by atoms with Gasteiger partial charge in [0, 0.05) is 11.6 Å². The van der Waals surface area contributed by atoms with Crippen LogP contribution in [0.25, 0.3) is 18.2 Å². The highest BCUT2D eigenvalue weighted by molar-refractivity contribution is 6.39. The van der Waals surface area contributed by atoms with E-state index >= 15 is 0 Å². The Bertz CT molecular complexity index is 2510. The van der Waals surface area contributed by atoms with Crippen molar-refractivity contribution in [3.8, 4) is 23.0 Å². The van der Waals surface area contributed by atoms with Crippen molar-refractivity contribution in [1.29, 1.82) is 0 Å². The lowest BCUT2D eigenvalue weighted by atomic mass is 9.99. The van der Waals surface area contributed by atoms with E-state index < -0.39 is 35.3 Å². The lowest BCUT2D eigenvalue weighted by molar-refractivity contribution is -0.155. The molecular weight excluding hydrogens is 905 g/mol. The summed E-state index contributed by atoms with van der Waals surface area (Å²) in [6, 6.07) is 27.6. The highest BCUT2D eigenvalue weighted by atomic mass is 16.6. The Morgan fingerprint density at radius 1 is 0.507 bits per heavy atom. The normalized spacial score (nSPS) is 12.4. The zero-order chi connectivity index (χ0) is 52.6. The van der Waals surface area contributed by atoms with Crippen LogP contribution in [0, 0.1) is 0 Å². The molecule has 4 aromatic carbocycles. The zero-order valence-corrected chi connectivity index (χ0v) is 42.0. The number of ether oxygens (including phenoxy) is 6. The van der Waals surface area contributed by atoms with Crippen molar-refractivity contribution in [2.75, 3.05) is 21.3 Å². The number of rotatable bonds is 23. The van der Waals surface area contributed by atoms with Crippen LogP contribution in [0.1, 0.15) is 94.5 Å². The Hall–Kier alpha value is -7.90. The molecule has 0 fully saturated rings. The molecular formula is C58H66O13. The molecule has 0 aliphatic rings. The second kappa shape index (κ2) is 33.6. The maximum atomic E-state index is 11.8. The number of carbonyl (C=O) groups is 6. The van der Waals surface area contributed by atoms with Gasteiger partial charge in [0.2, 0.25) is 0 Å². The van der Waals surface area contributed by atoms with E-state index in [1.165, 1.54) is 35.9 Å². The largest absolute Gasteiger partial charge is 0.497 e. The quantitative estimate of drug-likeness (QED) is 0.0244. The third-order valence-corrected chi connectivity index (χ3v) is 10.3. The van der Waals surface area contributed by atoms with Crippen molar-refractivity contribution in [3.05, 3.63) is 173 Å². The highest BCUT2D eigenvalue weighted by Gasteiger charge is 2.16. The first-order valence-corrected chi connectivity index (χ1v) is 23.1. The van der Waals surface area contributed by atoms with Gasteiger partial charge in [-0.1, -0.05) is 131 Å². The van der Waals surface area contributed by atoms with Crippen LogP contribution >= 0.6 is 0 Å². The summed E-state index contributed by atoms with van der Waals surface area (Å²) in [4.78, 5) is 69.7. The summed E-state index contributed by atoms with van der Waals surface area (Å²) in [5.41, 5.74) is 4.53. The number of esters is 3. The van der Waals surface area contributed by atoms with Gasteiger partial charge in [-0.15, -0.1) is 0 Å². The molecule has 0 bridgehead atoms. The van der Waals surface area contributed by atoms with E-state index in [1.54, 1.807) is 108 Å². The number of hydrogen-bond acceptors (Lipinski definition) is 13. The molecule has 376 valence electrons. The van der Waals surface area contributed by atoms with Gasteiger partial charge < -0.3 is 33.5 Å². The Morgan fingerprint density at radius 3 is 1.48 bits per heavy atom. The van der Waals surface area contributed by atoms with Gasteiger partial charge >= 0.3 is 17.9 Å². The molecule has 71 heavy (non-hydrogen) atoms. The van der Waals surface area contributed by atoms with Crippen molar-refractivity contribution in [3.63, 3.8) is 0 Å². The Balaban J connectivity index is 0.000000366. The molecule has 0 saturated carbocycles. The molecule has 0 aliphatic carbocycles. The van der Waals surface area contributed by atoms with Gasteiger partial charge in [0.1, 0.15) is 23.0 Å². The van der Waals surface area contributed by atoms with Crippen molar-refractivity contribution in [1.82, 2.24) is 0 Å². The van der Waals surface area contributed by atoms with Crippen LogP contribution in [0.2, 0.25) is 0 Å². The van der Waals surface area contributed by atoms with Gasteiger partial charge in [-0.25, -0.2) is 14.4 Å². The van der Waals surface area contributed by atoms with E-state index in [0.717, 1.165) is 34.8 Å². The average molecular weight is 971 g/mol. The third kappa shape index (κ3) is 22.8. The van der Waals surface area contributed by atoms with Crippen molar-refractivity contribution >= 4 is 53.5 Å². The molecule has 13 nitrogen and oxygen atoms in total. The molecule has 4 aromatic rings. The number of benzene rings is 4. The number of methoxy groups -OCH3 is 3. The van der Waals surface area contributed by atoms with Gasteiger partial charge in [0.05, 0.1) is 40.1 Å². The first kappa shape index (κ1) is 59.2. The Kier molecular flexibility index (Phi) is 28.0.